The van der Waals surface area contributed by atoms with Gasteiger partial charge in [-0.25, -0.2) is 0 Å². The molecule has 13 heavy (non-hydrogen) atoms. The van der Waals surface area contributed by atoms with Crippen LogP contribution >= 0.6 is 0 Å². The van der Waals surface area contributed by atoms with E-state index in [-0.39, 0.29) is 0 Å². The molecule has 2 N–H and O–H groups in total. The fourth-order valence-corrected chi connectivity index (χ4v) is 3.83. The Bertz CT molecular complexity index is 188. The van der Waals surface area contributed by atoms with Gasteiger partial charge in [0.2, 0.25) is 0 Å². The van der Waals surface area contributed by atoms with Crippen molar-refractivity contribution >= 4 is 0 Å². The Hall–Kier alpha value is -0.0800. The molecule has 0 aromatic heterocycles. The summed E-state index contributed by atoms with van der Waals surface area (Å²) in [6.07, 6.45) is 7.15. The molecule has 2 saturated carbocycles. The van der Waals surface area contributed by atoms with Gasteiger partial charge in [0.15, 0.2) is 0 Å². The van der Waals surface area contributed by atoms with Crippen molar-refractivity contribution in [3.8, 4) is 0 Å². The van der Waals surface area contributed by atoms with Crippen LogP contribution in [0.3, 0.4) is 0 Å². The van der Waals surface area contributed by atoms with Gasteiger partial charge in [-0.15, -0.1) is 0 Å². The predicted octanol–water partition coefficient (Wildman–Crippen LogP) is 1.21. The van der Waals surface area contributed by atoms with E-state index in [1.54, 1.807) is 6.42 Å². The van der Waals surface area contributed by atoms with Gasteiger partial charge >= 0.3 is 0 Å². The fourth-order valence-electron chi connectivity index (χ4n) is 3.83. The van der Waals surface area contributed by atoms with Crippen LogP contribution in [-0.2, 0) is 0 Å². The summed E-state index contributed by atoms with van der Waals surface area (Å²) >= 11 is 0. The zero-order valence-corrected chi connectivity index (χ0v) is 8.28. The molecule has 4 atom stereocenters. The van der Waals surface area contributed by atoms with Crippen LogP contribution in [0.25, 0.3) is 0 Å². The lowest BCUT2D eigenvalue weighted by molar-refractivity contribution is 0.352. The molecule has 1 aliphatic heterocycles. The number of hydrogen-bond acceptors (Lipinski definition) is 2. The first kappa shape index (κ1) is 8.25. The van der Waals surface area contributed by atoms with Gasteiger partial charge in [-0.2, -0.15) is 0 Å². The molecule has 1 saturated heterocycles. The summed E-state index contributed by atoms with van der Waals surface area (Å²) in [6.45, 7) is 2.20. The lowest BCUT2D eigenvalue weighted by Gasteiger charge is -2.10. The second kappa shape index (κ2) is 2.96. The van der Waals surface area contributed by atoms with Crippen LogP contribution in [0.1, 0.15) is 32.1 Å². The molecule has 3 fully saturated rings. The van der Waals surface area contributed by atoms with E-state index in [0.29, 0.717) is 0 Å². The quantitative estimate of drug-likeness (QED) is 0.520. The first-order chi connectivity index (χ1) is 6.42. The van der Waals surface area contributed by atoms with E-state index in [2.05, 4.69) is 4.90 Å². The fraction of sp³-hybridized carbons (Fsp3) is 1.00. The van der Waals surface area contributed by atoms with Gasteiger partial charge in [0.1, 0.15) is 0 Å². The summed E-state index contributed by atoms with van der Waals surface area (Å²) in [5, 5.41) is 0. The van der Waals surface area contributed by atoms with Crippen molar-refractivity contribution in [3.05, 3.63) is 0 Å². The highest BCUT2D eigenvalue weighted by Gasteiger charge is 2.62. The molecular formula is C11H20N2. The Morgan fingerprint density at radius 2 is 1.77 bits per heavy atom. The minimum atomic E-state index is 0.871. The molecule has 3 rings (SSSR count). The minimum Gasteiger partial charge on any atom is -0.330 e. The van der Waals surface area contributed by atoms with Crippen molar-refractivity contribution in [2.24, 2.45) is 17.6 Å². The van der Waals surface area contributed by atoms with Crippen LogP contribution in [-0.4, -0.2) is 30.1 Å². The maximum Gasteiger partial charge on any atom is 0.0286 e. The van der Waals surface area contributed by atoms with Gasteiger partial charge in [0.05, 0.1) is 0 Å². The first-order valence-electron chi connectivity index (χ1n) is 5.87. The van der Waals surface area contributed by atoms with Crippen LogP contribution in [0, 0.1) is 11.8 Å². The molecule has 74 valence electrons. The molecule has 4 unspecified atom stereocenters. The van der Waals surface area contributed by atoms with Crippen molar-refractivity contribution in [1.82, 2.24) is 4.90 Å². The normalized spacial score (nSPS) is 51.0. The van der Waals surface area contributed by atoms with Crippen LogP contribution in [0.2, 0.25) is 0 Å². The van der Waals surface area contributed by atoms with Crippen LogP contribution < -0.4 is 5.73 Å². The maximum atomic E-state index is 5.50. The van der Waals surface area contributed by atoms with E-state index >= 15 is 0 Å². The zero-order chi connectivity index (χ0) is 8.84. The molecule has 2 heteroatoms. The van der Waals surface area contributed by atoms with Gasteiger partial charge in [0, 0.05) is 12.1 Å². The number of nitrogens with two attached hydrogens (primary N) is 1. The number of rotatable bonds is 4. The molecule has 0 aromatic carbocycles. The molecule has 0 radical (unpaired) electrons. The third-order valence-electron chi connectivity index (χ3n) is 4.38. The average Bonchev–Trinajstić information content (AvgIpc) is 2.58. The number of piperidine rings is 1. The number of nitrogens with zero attached hydrogens (tertiary/aromatic N) is 1. The second-order valence-electron chi connectivity index (χ2n) is 5.05. The van der Waals surface area contributed by atoms with Crippen molar-refractivity contribution in [2.45, 2.75) is 44.2 Å². The maximum absolute atomic E-state index is 5.50. The first-order valence-corrected chi connectivity index (χ1v) is 5.87. The molecule has 0 spiro atoms. The molecule has 2 aliphatic carbocycles. The van der Waals surface area contributed by atoms with E-state index < -0.39 is 0 Å². The molecule has 0 aromatic rings. The van der Waals surface area contributed by atoms with Gasteiger partial charge in [-0.3, -0.25) is 4.90 Å². The van der Waals surface area contributed by atoms with Gasteiger partial charge < -0.3 is 5.73 Å². The highest BCUT2D eigenvalue weighted by molar-refractivity contribution is 5.17. The molecular weight excluding hydrogens is 160 g/mol. The Morgan fingerprint density at radius 3 is 2.38 bits per heavy atom. The van der Waals surface area contributed by atoms with Crippen molar-refractivity contribution < 1.29 is 0 Å². The van der Waals surface area contributed by atoms with Crippen molar-refractivity contribution in [2.75, 3.05) is 13.1 Å². The molecule has 2 nitrogen and oxygen atoms in total. The predicted molar refractivity (Wildman–Crippen MR) is 53.4 cm³/mol. The standard InChI is InChI=1S/C11H20N2/c12-5-1-2-6-13-10-8-3-4-9(7-8)11(10)13/h8-11H,1-7,12H2. The summed E-state index contributed by atoms with van der Waals surface area (Å²) in [6, 6.07) is 2.05. The van der Waals surface area contributed by atoms with Gasteiger partial charge in [0.25, 0.3) is 0 Å². The highest BCUT2D eigenvalue weighted by atomic mass is 15.4. The third-order valence-corrected chi connectivity index (χ3v) is 4.38. The van der Waals surface area contributed by atoms with E-state index in [4.69, 9.17) is 5.73 Å². The number of unbranched alkanes of at least 4 members (excludes halogenated alkanes) is 1. The summed E-state index contributed by atoms with van der Waals surface area (Å²) in [5.74, 6) is 2.18. The zero-order valence-electron chi connectivity index (χ0n) is 8.28. The molecule has 2 bridgehead atoms. The Balaban J connectivity index is 1.50. The Labute approximate surface area is 80.5 Å². The van der Waals surface area contributed by atoms with Crippen LogP contribution in [0.5, 0.6) is 0 Å². The van der Waals surface area contributed by atoms with Crippen LogP contribution in [0.4, 0.5) is 0 Å². The lowest BCUT2D eigenvalue weighted by Crippen LogP contribution is -2.14. The van der Waals surface area contributed by atoms with E-state index in [1.165, 1.54) is 32.2 Å². The summed E-state index contributed by atoms with van der Waals surface area (Å²) in [4.78, 5) is 2.75. The smallest absolute Gasteiger partial charge is 0.0286 e. The monoisotopic (exact) mass is 180 g/mol. The molecule has 1 heterocycles. The van der Waals surface area contributed by atoms with Crippen molar-refractivity contribution in [1.29, 1.82) is 0 Å². The largest absolute Gasteiger partial charge is 0.330 e. The highest BCUT2D eigenvalue weighted by Crippen LogP contribution is 2.58. The van der Waals surface area contributed by atoms with Gasteiger partial charge in [-0.1, -0.05) is 0 Å². The molecule has 3 aliphatic rings. The third kappa shape index (κ3) is 1.15. The Morgan fingerprint density at radius 1 is 1.08 bits per heavy atom. The summed E-state index contributed by atoms with van der Waals surface area (Å²) in [7, 11) is 0. The van der Waals surface area contributed by atoms with E-state index in [1.807, 2.05) is 0 Å². The van der Waals surface area contributed by atoms with E-state index in [9.17, 15) is 0 Å². The minimum absolute atomic E-state index is 0.871. The number of fused-ring (bicyclic) bond motifs is 5. The Kier molecular flexibility index (Phi) is 1.88. The second-order valence-corrected chi connectivity index (χ2v) is 5.05. The van der Waals surface area contributed by atoms with Crippen molar-refractivity contribution in [3.63, 3.8) is 0 Å². The van der Waals surface area contributed by atoms with E-state index in [0.717, 1.165) is 30.5 Å². The number of hydrogen-bond donors (Lipinski definition) is 1. The summed E-state index contributed by atoms with van der Waals surface area (Å²) in [5.41, 5.74) is 5.50. The van der Waals surface area contributed by atoms with Gasteiger partial charge in [-0.05, 0) is 57.0 Å². The summed E-state index contributed by atoms with van der Waals surface area (Å²) < 4.78 is 0. The van der Waals surface area contributed by atoms with Crippen LogP contribution in [0.15, 0.2) is 0 Å². The SMILES string of the molecule is NCCCCN1C2C3CCC(C3)C21. The molecule has 0 amide bonds. The average molecular weight is 180 g/mol. The lowest BCUT2D eigenvalue weighted by atomic mass is 10.0. The topological polar surface area (TPSA) is 29.0 Å². The number of likely N-dealkylation sites (tertiary alicyclic amines) is 1.